The molecule has 0 unspecified atom stereocenters. The first-order valence-corrected chi connectivity index (χ1v) is 11.2. The number of hydrogen-bond donors (Lipinski definition) is 4. The number of hydrogen-bond acceptors (Lipinski definition) is 7. The second-order valence-corrected chi connectivity index (χ2v) is 8.78. The Hall–Kier alpha value is -2.55. The van der Waals surface area contributed by atoms with Crippen molar-refractivity contribution in [2.24, 2.45) is 5.73 Å². The SMILES string of the molecule is NC1(CNc2ccc(C(=O)NC3CCNCC3)nn2)CCN(Cc2ccccc2)CC1. The predicted octanol–water partition coefficient (Wildman–Crippen LogP) is 1.36. The molecule has 1 aromatic carbocycles. The zero-order chi connectivity index (χ0) is 21.5. The minimum absolute atomic E-state index is 0.160. The third kappa shape index (κ3) is 6.22. The van der Waals surface area contributed by atoms with E-state index in [4.69, 9.17) is 5.73 Å². The topological polar surface area (TPSA) is 108 Å². The summed E-state index contributed by atoms with van der Waals surface area (Å²) in [6, 6.07) is 14.3. The summed E-state index contributed by atoms with van der Waals surface area (Å²) in [5, 5.41) is 17.9. The number of carbonyl (C=O) groups is 1. The average Bonchev–Trinajstić information content (AvgIpc) is 2.81. The molecule has 0 saturated carbocycles. The Kier molecular flexibility index (Phi) is 7.11. The summed E-state index contributed by atoms with van der Waals surface area (Å²) in [5.41, 5.74) is 8.06. The number of piperidine rings is 2. The lowest BCUT2D eigenvalue weighted by atomic mass is 9.88. The van der Waals surface area contributed by atoms with Crippen molar-refractivity contribution in [3.63, 3.8) is 0 Å². The van der Waals surface area contributed by atoms with Gasteiger partial charge in [-0.15, -0.1) is 10.2 Å². The van der Waals surface area contributed by atoms with Gasteiger partial charge in [0, 0.05) is 37.8 Å². The molecular formula is C23H33N7O. The summed E-state index contributed by atoms with van der Waals surface area (Å²) in [7, 11) is 0. The van der Waals surface area contributed by atoms with E-state index in [9.17, 15) is 4.79 Å². The Morgan fingerprint density at radius 1 is 1.10 bits per heavy atom. The molecule has 0 bridgehead atoms. The molecule has 2 aliphatic heterocycles. The van der Waals surface area contributed by atoms with Gasteiger partial charge >= 0.3 is 0 Å². The highest BCUT2D eigenvalue weighted by Gasteiger charge is 2.30. The molecule has 2 aliphatic rings. The standard InChI is InChI=1S/C23H33N7O/c24-23(10-14-30(15-11-23)16-18-4-2-1-3-5-18)17-26-21-7-6-20(28-29-21)22(31)27-19-8-12-25-13-9-19/h1-7,19,25H,8-17,24H2,(H,26,29)(H,27,31). The Morgan fingerprint density at radius 3 is 2.52 bits per heavy atom. The molecule has 0 radical (unpaired) electrons. The molecule has 2 saturated heterocycles. The zero-order valence-electron chi connectivity index (χ0n) is 18.0. The summed E-state index contributed by atoms with van der Waals surface area (Å²) < 4.78 is 0. The molecule has 0 spiro atoms. The summed E-state index contributed by atoms with van der Waals surface area (Å²) in [4.78, 5) is 14.8. The van der Waals surface area contributed by atoms with Crippen LogP contribution in [0.25, 0.3) is 0 Å². The minimum atomic E-state index is -0.264. The van der Waals surface area contributed by atoms with Gasteiger partial charge in [-0.25, -0.2) is 0 Å². The number of rotatable bonds is 7. The Balaban J connectivity index is 1.22. The normalized spacial score (nSPS) is 19.6. The molecule has 1 amide bonds. The largest absolute Gasteiger partial charge is 0.367 e. The first kappa shape index (κ1) is 21.7. The van der Waals surface area contributed by atoms with Crippen molar-refractivity contribution in [1.82, 2.24) is 25.7 Å². The molecule has 2 aromatic rings. The van der Waals surface area contributed by atoms with Gasteiger partial charge in [-0.05, 0) is 56.5 Å². The summed E-state index contributed by atoms with van der Waals surface area (Å²) >= 11 is 0. The van der Waals surface area contributed by atoms with Crippen LogP contribution in [0.5, 0.6) is 0 Å². The molecule has 4 rings (SSSR count). The molecule has 5 N–H and O–H groups in total. The highest BCUT2D eigenvalue weighted by Crippen LogP contribution is 2.21. The van der Waals surface area contributed by atoms with E-state index in [1.165, 1.54) is 5.56 Å². The monoisotopic (exact) mass is 423 g/mol. The van der Waals surface area contributed by atoms with Gasteiger partial charge in [-0.1, -0.05) is 30.3 Å². The number of nitrogens with two attached hydrogens (primary N) is 1. The Labute approximate surface area is 184 Å². The molecule has 8 nitrogen and oxygen atoms in total. The number of nitrogens with zero attached hydrogens (tertiary/aromatic N) is 3. The van der Waals surface area contributed by atoms with Crippen LogP contribution in [0, 0.1) is 0 Å². The van der Waals surface area contributed by atoms with Crippen LogP contribution >= 0.6 is 0 Å². The number of amides is 1. The number of aromatic nitrogens is 2. The Bertz CT molecular complexity index is 829. The van der Waals surface area contributed by atoms with E-state index in [2.05, 4.69) is 55.3 Å². The maximum Gasteiger partial charge on any atom is 0.272 e. The maximum atomic E-state index is 12.4. The van der Waals surface area contributed by atoms with E-state index < -0.39 is 0 Å². The van der Waals surface area contributed by atoms with E-state index in [1.807, 2.05) is 6.07 Å². The van der Waals surface area contributed by atoms with Crippen molar-refractivity contribution in [3.8, 4) is 0 Å². The smallest absolute Gasteiger partial charge is 0.272 e. The predicted molar refractivity (Wildman–Crippen MR) is 122 cm³/mol. The van der Waals surface area contributed by atoms with Crippen LogP contribution in [0.4, 0.5) is 5.82 Å². The van der Waals surface area contributed by atoms with Crippen LogP contribution in [0.2, 0.25) is 0 Å². The second kappa shape index (κ2) is 10.2. The van der Waals surface area contributed by atoms with Gasteiger partial charge in [0.15, 0.2) is 5.69 Å². The number of anilines is 1. The van der Waals surface area contributed by atoms with Crippen molar-refractivity contribution >= 4 is 11.7 Å². The Morgan fingerprint density at radius 2 is 1.84 bits per heavy atom. The molecule has 2 fully saturated rings. The molecule has 0 aliphatic carbocycles. The first-order valence-electron chi connectivity index (χ1n) is 11.2. The molecule has 1 aromatic heterocycles. The molecule has 8 heteroatoms. The van der Waals surface area contributed by atoms with E-state index >= 15 is 0 Å². The molecule has 0 atom stereocenters. The number of likely N-dealkylation sites (tertiary alicyclic amines) is 1. The lowest BCUT2D eigenvalue weighted by molar-refractivity contribution is 0.0923. The quantitative estimate of drug-likeness (QED) is 0.533. The van der Waals surface area contributed by atoms with E-state index in [0.717, 1.165) is 58.4 Å². The van der Waals surface area contributed by atoms with Gasteiger partial charge < -0.3 is 21.7 Å². The van der Waals surface area contributed by atoms with Gasteiger partial charge in [0.25, 0.3) is 5.91 Å². The van der Waals surface area contributed by atoms with E-state index in [-0.39, 0.29) is 17.5 Å². The number of nitrogens with one attached hydrogen (secondary N) is 3. The molecule has 166 valence electrons. The van der Waals surface area contributed by atoms with Crippen LogP contribution < -0.4 is 21.7 Å². The highest BCUT2D eigenvalue weighted by atomic mass is 16.2. The lowest BCUT2D eigenvalue weighted by Crippen LogP contribution is -2.54. The summed E-state index contributed by atoms with van der Waals surface area (Å²) in [5.74, 6) is 0.488. The molecule has 3 heterocycles. The van der Waals surface area contributed by atoms with E-state index in [1.54, 1.807) is 12.1 Å². The van der Waals surface area contributed by atoms with Gasteiger partial charge in [0.2, 0.25) is 0 Å². The van der Waals surface area contributed by atoms with Crippen molar-refractivity contribution in [2.75, 3.05) is 38.0 Å². The van der Waals surface area contributed by atoms with Gasteiger partial charge in [0.1, 0.15) is 5.82 Å². The zero-order valence-corrected chi connectivity index (χ0v) is 18.0. The third-order valence-electron chi connectivity index (χ3n) is 6.29. The average molecular weight is 424 g/mol. The van der Waals surface area contributed by atoms with Crippen LogP contribution in [0.15, 0.2) is 42.5 Å². The summed E-state index contributed by atoms with van der Waals surface area (Å²) in [6.45, 7) is 5.44. The highest BCUT2D eigenvalue weighted by molar-refractivity contribution is 5.92. The fourth-order valence-electron chi connectivity index (χ4n) is 4.21. The van der Waals surface area contributed by atoms with Crippen molar-refractivity contribution in [2.45, 2.75) is 43.8 Å². The number of benzene rings is 1. The van der Waals surface area contributed by atoms with E-state index in [0.29, 0.717) is 18.1 Å². The van der Waals surface area contributed by atoms with Crippen molar-refractivity contribution in [1.29, 1.82) is 0 Å². The van der Waals surface area contributed by atoms with Gasteiger partial charge in [-0.2, -0.15) is 0 Å². The van der Waals surface area contributed by atoms with Crippen LogP contribution in [-0.2, 0) is 6.54 Å². The number of carbonyl (C=O) groups excluding carboxylic acids is 1. The summed E-state index contributed by atoms with van der Waals surface area (Å²) in [6.07, 6.45) is 3.74. The fraction of sp³-hybridized carbons (Fsp3) is 0.522. The van der Waals surface area contributed by atoms with Crippen LogP contribution in [-0.4, -0.2) is 65.3 Å². The third-order valence-corrected chi connectivity index (χ3v) is 6.29. The lowest BCUT2D eigenvalue weighted by Gasteiger charge is -2.39. The van der Waals surface area contributed by atoms with Crippen molar-refractivity contribution < 1.29 is 4.79 Å². The molecule has 31 heavy (non-hydrogen) atoms. The maximum absolute atomic E-state index is 12.4. The van der Waals surface area contributed by atoms with Gasteiger partial charge in [-0.3, -0.25) is 9.69 Å². The van der Waals surface area contributed by atoms with Crippen molar-refractivity contribution in [3.05, 3.63) is 53.7 Å². The molecular weight excluding hydrogens is 390 g/mol. The second-order valence-electron chi connectivity index (χ2n) is 8.78. The van der Waals surface area contributed by atoms with Crippen LogP contribution in [0.1, 0.15) is 41.7 Å². The first-order chi connectivity index (χ1) is 15.1. The van der Waals surface area contributed by atoms with Gasteiger partial charge in [0.05, 0.1) is 0 Å². The van der Waals surface area contributed by atoms with Crippen LogP contribution in [0.3, 0.4) is 0 Å². The fourth-order valence-corrected chi connectivity index (χ4v) is 4.21. The minimum Gasteiger partial charge on any atom is -0.367 e.